The van der Waals surface area contributed by atoms with E-state index in [1.165, 1.54) is 0 Å². The number of pyridine rings is 1. The minimum absolute atomic E-state index is 0.118. The van der Waals surface area contributed by atoms with Crippen LogP contribution in [0.25, 0.3) is 10.9 Å². The number of esters is 1. The fourth-order valence-electron chi connectivity index (χ4n) is 3.94. The number of ether oxygens (including phenoxy) is 1. The normalized spacial score (nSPS) is 13.7. The zero-order valence-corrected chi connectivity index (χ0v) is 17.7. The highest BCUT2D eigenvalue weighted by Gasteiger charge is 2.26. The first-order chi connectivity index (χ1) is 14.5. The van der Waals surface area contributed by atoms with Crippen LogP contribution < -0.4 is 5.43 Å². The van der Waals surface area contributed by atoms with Gasteiger partial charge in [0.15, 0.2) is 17.1 Å². The number of fused-ring (bicyclic) bond motifs is 1. The van der Waals surface area contributed by atoms with Gasteiger partial charge in [-0.05, 0) is 45.1 Å². The second-order valence-electron chi connectivity index (χ2n) is 8.19. The van der Waals surface area contributed by atoms with Crippen LogP contribution in [-0.2, 0) is 16.0 Å². The predicted molar refractivity (Wildman–Crippen MR) is 114 cm³/mol. The van der Waals surface area contributed by atoms with E-state index < -0.39 is 11.6 Å². The monoisotopic (exact) mass is 419 g/mol. The van der Waals surface area contributed by atoms with Gasteiger partial charge in [0.25, 0.3) is 0 Å². The minimum Gasteiger partial charge on any atom is -0.466 e. The van der Waals surface area contributed by atoms with Crippen LogP contribution in [0.15, 0.2) is 23.1 Å². The molecule has 1 aliphatic carbocycles. The number of aromatic nitrogens is 1. The highest BCUT2D eigenvalue weighted by atomic mass is 19.2. The van der Waals surface area contributed by atoms with Gasteiger partial charge in [-0.2, -0.15) is 0 Å². The summed E-state index contributed by atoms with van der Waals surface area (Å²) < 4.78 is 34.3. The molecule has 0 radical (unpaired) electrons. The number of carbonyl (C=O) groups excluding carboxylic acids is 1. The Labute approximate surface area is 176 Å². The van der Waals surface area contributed by atoms with E-state index >= 15 is 0 Å². The van der Waals surface area contributed by atoms with E-state index in [0.29, 0.717) is 30.5 Å². The van der Waals surface area contributed by atoms with Crippen molar-refractivity contribution in [3.63, 3.8) is 0 Å². The molecule has 6 heteroatoms. The molecule has 0 spiro atoms. The van der Waals surface area contributed by atoms with Gasteiger partial charge in [0.05, 0.1) is 12.1 Å². The SMILES string of the molecule is CCOC(=O)CCCCCCCCCc1cn(C2CC2)c2cc(F)c(F)cc2c1=O. The third kappa shape index (κ3) is 5.89. The first-order valence-corrected chi connectivity index (χ1v) is 11.2. The molecule has 30 heavy (non-hydrogen) atoms. The maximum atomic E-state index is 13.7. The zero-order valence-electron chi connectivity index (χ0n) is 17.7. The van der Waals surface area contributed by atoms with Crippen molar-refractivity contribution in [1.82, 2.24) is 4.57 Å². The molecule has 1 heterocycles. The Bertz CT molecular complexity index is 934. The molecule has 1 aliphatic rings. The summed E-state index contributed by atoms with van der Waals surface area (Å²) in [6, 6.07) is 2.48. The topological polar surface area (TPSA) is 48.3 Å². The van der Waals surface area contributed by atoms with Gasteiger partial charge in [-0.15, -0.1) is 0 Å². The molecule has 1 aromatic carbocycles. The van der Waals surface area contributed by atoms with Crippen molar-refractivity contribution in [2.24, 2.45) is 0 Å². The number of hydrogen-bond donors (Lipinski definition) is 0. The summed E-state index contributed by atoms with van der Waals surface area (Å²) in [4.78, 5) is 24.1. The van der Waals surface area contributed by atoms with E-state index in [9.17, 15) is 18.4 Å². The van der Waals surface area contributed by atoms with Crippen molar-refractivity contribution in [1.29, 1.82) is 0 Å². The van der Waals surface area contributed by atoms with Gasteiger partial charge in [0.2, 0.25) is 0 Å². The number of rotatable bonds is 12. The molecule has 0 N–H and O–H groups in total. The van der Waals surface area contributed by atoms with Crippen LogP contribution in [0.4, 0.5) is 8.78 Å². The van der Waals surface area contributed by atoms with E-state index in [4.69, 9.17) is 4.74 Å². The Morgan fingerprint density at radius 3 is 2.33 bits per heavy atom. The summed E-state index contributed by atoms with van der Waals surface area (Å²) in [7, 11) is 0. The second-order valence-corrected chi connectivity index (χ2v) is 8.19. The Balaban J connectivity index is 1.47. The highest BCUT2D eigenvalue weighted by Crippen LogP contribution is 2.37. The van der Waals surface area contributed by atoms with Crippen molar-refractivity contribution in [3.05, 3.63) is 45.8 Å². The molecule has 0 saturated heterocycles. The Morgan fingerprint density at radius 1 is 1.03 bits per heavy atom. The molecule has 0 amide bonds. The quantitative estimate of drug-likeness (QED) is 0.321. The average Bonchev–Trinajstić information content (AvgIpc) is 3.55. The number of hydrogen-bond acceptors (Lipinski definition) is 3. The van der Waals surface area contributed by atoms with Crippen LogP contribution in [0.5, 0.6) is 0 Å². The lowest BCUT2D eigenvalue weighted by Gasteiger charge is -2.13. The Morgan fingerprint density at radius 2 is 1.67 bits per heavy atom. The fraction of sp³-hybridized carbons (Fsp3) is 0.583. The van der Waals surface area contributed by atoms with E-state index in [2.05, 4.69) is 0 Å². The Hall–Kier alpha value is -2.24. The van der Waals surface area contributed by atoms with Gasteiger partial charge in [-0.3, -0.25) is 9.59 Å². The van der Waals surface area contributed by atoms with Gasteiger partial charge < -0.3 is 9.30 Å². The molecule has 4 nitrogen and oxygen atoms in total. The number of carbonyl (C=O) groups is 1. The lowest BCUT2D eigenvalue weighted by Crippen LogP contribution is -2.15. The third-order valence-electron chi connectivity index (χ3n) is 5.72. The summed E-state index contributed by atoms with van der Waals surface area (Å²) >= 11 is 0. The van der Waals surface area contributed by atoms with E-state index in [1.54, 1.807) is 0 Å². The van der Waals surface area contributed by atoms with Gasteiger partial charge in [0.1, 0.15) is 0 Å². The molecular weight excluding hydrogens is 388 g/mol. The second kappa shape index (κ2) is 10.7. The van der Waals surface area contributed by atoms with Crippen molar-refractivity contribution in [2.45, 2.75) is 83.6 Å². The summed E-state index contributed by atoms with van der Waals surface area (Å²) in [5, 5.41) is 0.278. The summed E-state index contributed by atoms with van der Waals surface area (Å²) in [6.45, 7) is 2.25. The van der Waals surface area contributed by atoms with Crippen LogP contribution in [0.3, 0.4) is 0 Å². The number of nitrogens with zero attached hydrogens (tertiary/aromatic N) is 1. The lowest BCUT2D eigenvalue weighted by molar-refractivity contribution is -0.143. The van der Waals surface area contributed by atoms with Crippen molar-refractivity contribution in [3.8, 4) is 0 Å². The summed E-state index contributed by atoms with van der Waals surface area (Å²) in [6.07, 6.45) is 12.1. The van der Waals surface area contributed by atoms with Gasteiger partial charge in [0, 0.05) is 35.7 Å². The first-order valence-electron chi connectivity index (χ1n) is 11.2. The zero-order chi connectivity index (χ0) is 21.5. The number of halogens is 2. The van der Waals surface area contributed by atoms with Gasteiger partial charge >= 0.3 is 5.97 Å². The van der Waals surface area contributed by atoms with Crippen molar-refractivity contribution >= 4 is 16.9 Å². The van der Waals surface area contributed by atoms with Crippen LogP contribution in [0, 0.1) is 11.6 Å². The first kappa shape index (κ1) is 22.4. The lowest BCUT2D eigenvalue weighted by atomic mass is 10.0. The molecule has 0 unspecified atom stereocenters. The van der Waals surface area contributed by atoms with Crippen LogP contribution in [0.1, 0.15) is 82.7 Å². The van der Waals surface area contributed by atoms with Crippen molar-refractivity contribution in [2.75, 3.05) is 6.61 Å². The van der Waals surface area contributed by atoms with Crippen LogP contribution >= 0.6 is 0 Å². The molecule has 164 valence electrons. The minimum atomic E-state index is -0.970. The predicted octanol–water partition coefficient (Wildman–Crippen LogP) is 5.84. The maximum absolute atomic E-state index is 13.7. The number of benzene rings is 1. The summed E-state index contributed by atoms with van der Waals surface area (Å²) in [5.41, 5.74) is 1.00. The molecule has 0 bridgehead atoms. The number of unbranched alkanes of at least 4 members (excludes halogenated alkanes) is 6. The highest BCUT2D eigenvalue weighted by molar-refractivity contribution is 5.80. The molecule has 1 saturated carbocycles. The Kier molecular flexibility index (Phi) is 8.00. The molecule has 1 fully saturated rings. The van der Waals surface area contributed by atoms with Gasteiger partial charge in [-0.1, -0.05) is 32.1 Å². The fourth-order valence-corrected chi connectivity index (χ4v) is 3.94. The van der Waals surface area contributed by atoms with E-state index in [-0.39, 0.29) is 22.8 Å². The van der Waals surface area contributed by atoms with E-state index in [0.717, 1.165) is 69.9 Å². The summed E-state index contributed by atoms with van der Waals surface area (Å²) in [5.74, 6) is -2.00. The van der Waals surface area contributed by atoms with Gasteiger partial charge in [-0.25, -0.2) is 8.78 Å². The maximum Gasteiger partial charge on any atom is 0.305 e. The molecule has 3 rings (SSSR count). The van der Waals surface area contributed by atoms with Crippen molar-refractivity contribution < 1.29 is 18.3 Å². The molecule has 1 aromatic heterocycles. The molecule has 0 aliphatic heterocycles. The number of aryl methyl sites for hydroxylation is 1. The largest absolute Gasteiger partial charge is 0.466 e. The van der Waals surface area contributed by atoms with E-state index in [1.807, 2.05) is 17.7 Å². The standard InChI is InChI=1S/C24H31F2NO3/c1-2-30-23(28)11-9-7-5-3-4-6-8-10-17-16-27(18-12-13-18)22-15-21(26)20(25)14-19(22)24(17)29/h14-16,18H,2-13H2,1H3. The van der Waals surface area contributed by atoms with Crippen LogP contribution in [0.2, 0.25) is 0 Å². The molecule has 2 aromatic rings. The molecular formula is C24H31F2NO3. The molecule has 0 atom stereocenters. The average molecular weight is 420 g/mol. The smallest absolute Gasteiger partial charge is 0.305 e. The van der Waals surface area contributed by atoms with Crippen LogP contribution in [-0.4, -0.2) is 17.1 Å². The third-order valence-corrected chi connectivity index (χ3v) is 5.72.